The maximum Gasteiger partial charge on any atom is 0.243 e. The second-order valence-electron chi connectivity index (χ2n) is 5.01. The van der Waals surface area contributed by atoms with Crippen molar-refractivity contribution in [3.63, 3.8) is 0 Å². The Balaban J connectivity index is 2.17. The van der Waals surface area contributed by atoms with E-state index in [1.165, 1.54) is 0 Å². The van der Waals surface area contributed by atoms with Gasteiger partial charge in [-0.2, -0.15) is 0 Å². The summed E-state index contributed by atoms with van der Waals surface area (Å²) in [7, 11) is -3.48. The number of sulfonamides is 1. The number of nitrogens with one attached hydrogen (secondary N) is 1. The van der Waals surface area contributed by atoms with E-state index in [2.05, 4.69) is 11.6 Å². The third-order valence-corrected chi connectivity index (χ3v) is 5.11. The molecule has 0 saturated heterocycles. The van der Waals surface area contributed by atoms with Crippen molar-refractivity contribution in [3.05, 3.63) is 23.8 Å². The summed E-state index contributed by atoms with van der Waals surface area (Å²) in [5.74, 6) is 0.495. The van der Waals surface area contributed by atoms with Gasteiger partial charge in [-0.3, -0.25) is 0 Å². The Kier molecular flexibility index (Phi) is 3.64. The molecule has 18 heavy (non-hydrogen) atoms. The van der Waals surface area contributed by atoms with Gasteiger partial charge in [0, 0.05) is 6.04 Å². The van der Waals surface area contributed by atoms with E-state index in [-0.39, 0.29) is 10.9 Å². The van der Waals surface area contributed by atoms with E-state index < -0.39 is 10.0 Å². The van der Waals surface area contributed by atoms with Crippen molar-refractivity contribution in [2.45, 2.75) is 44.0 Å². The second-order valence-corrected chi connectivity index (χ2v) is 6.66. The number of aryl methyl sites for hydroxylation is 1. The zero-order valence-electron chi connectivity index (χ0n) is 10.8. The number of rotatable bonds is 5. The van der Waals surface area contributed by atoms with Gasteiger partial charge in [-0.15, -0.1) is 0 Å². The van der Waals surface area contributed by atoms with Gasteiger partial charge in [0.2, 0.25) is 10.0 Å². The summed E-state index contributed by atoms with van der Waals surface area (Å²) in [6.45, 7) is 3.88. The Hall–Kier alpha value is -1.07. The summed E-state index contributed by atoms with van der Waals surface area (Å²) in [4.78, 5) is 0.229. The molecule has 2 atom stereocenters. The summed E-state index contributed by atoms with van der Waals surface area (Å²) in [5, 5.41) is 0. The molecular weight excluding hydrogens is 248 g/mol. The molecule has 1 fully saturated rings. The highest BCUT2D eigenvalue weighted by Gasteiger charge is 2.39. The van der Waals surface area contributed by atoms with Crippen LogP contribution >= 0.6 is 0 Å². The van der Waals surface area contributed by atoms with Gasteiger partial charge in [-0.1, -0.05) is 25.5 Å². The molecule has 0 bridgehead atoms. The van der Waals surface area contributed by atoms with E-state index in [4.69, 9.17) is 5.73 Å². The highest BCUT2D eigenvalue weighted by molar-refractivity contribution is 7.89. The number of hydrogen-bond acceptors (Lipinski definition) is 3. The van der Waals surface area contributed by atoms with Crippen LogP contribution in [0.4, 0.5) is 5.69 Å². The quantitative estimate of drug-likeness (QED) is 0.803. The Morgan fingerprint density at radius 2 is 2.17 bits per heavy atom. The molecule has 0 heterocycles. The molecular formula is C13H20N2O2S. The first kappa shape index (κ1) is 13.4. The molecule has 3 N–H and O–H groups in total. The molecule has 5 heteroatoms. The predicted octanol–water partition coefficient (Wildman–Crippen LogP) is 2.04. The lowest BCUT2D eigenvalue weighted by Gasteiger charge is -2.11. The smallest absolute Gasteiger partial charge is 0.243 e. The molecule has 0 aromatic heterocycles. The summed E-state index contributed by atoms with van der Waals surface area (Å²) < 4.78 is 27.3. The molecule has 0 spiro atoms. The van der Waals surface area contributed by atoms with Gasteiger partial charge < -0.3 is 5.73 Å². The molecule has 1 aliphatic carbocycles. The summed E-state index contributed by atoms with van der Waals surface area (Å²) in [5.41, 5.74) is 6.78. The lowest BCUT2D eigenvalue weighted by molar-refractivity contribution is 0.573. The lowest BCUT2D eigenvalue weighted by atomic mass is 10.2. The van der Waals surface area contributed by atoms with E-state index in [0.717, 1.165) is 19.3 Å². The minimum Gasteiger partial charge on any atom is -0.398 e. The molecule has 1 saturated carbocycles. The average molecular weight is 268 g/mol. The molecule has 0 radical (unpaired) electrons. The number of nitrogens with two attached hydrogens (primary N) is 1. The van der Waals surface area contributed by atoms with Gasteiger partial charge in [-0.05, 0) is 37.3 Å². The number of nitrogen functional groups attached to an aromatic ring is 1. The van der Waals surface area contributed by atoms with Crippen LogP contribution in [0.1, 0.15) is 31.7 Å². The van der Waals surface area contributed by atoms with Crippen molar-refractivity contribution in [2.24, 2.45) is 5.92 Å². The Labute approximate surface area is 109 Å². The van der Waals surface area contributed by atoms with Gasteiger partial charge >= 0.3 is 0 Å². The molecule has 2 rings (SSSR count). The van der Waals surface area contributed by atoms with Gasteiger partial charge in [0.05, 0.1) is 5.69 Å². The number of benzene rings is 1. The molecule has 1 aromatic carbocycles. The van der Waals surface area contributed by atoms with Crippen LogP contribution in [0.15, 0.2) is 23.1 Å². The highest BCUT2D eigenvalue weighted by atomic mass is 32.2. The maximum atomic E-state index is 12.3. The molecule has 2 unspecified atom stereocenters. The van der Waals surface area contributed by atoms with Gasteiger partial charge in [0.1, 0.15) is 4.90 Å². The standard InChI is InChI=1S/C13H20N2O2S/c1-3-5-10-8-12(10)15-18(16,17)13-9(2)6-4-7-11(13)14/h4,6-7,10,12,15H,3,5,8,14H2,1-2H3. The first-order valence-corrected chi connectivity index (χ1v) is 7.81. The van der Waals surface area contributed by atoms with Crippen LogP contribution in [0, 0.1) is 12.8 Å². The van der Waals surface area contributed by atoms with Crippen molar-refractivity contribution in [2.75, 3.05) is 5.73 Å². The van der Waals surface area contributed by atoms with Crippen LogP contribution in [0.5, 0.6) is 0 Å². The zero-order valence-corrected chi connectivity index (χ0v) is 11.6. The zero-order chi connectivity index (χ0) is 13.3. The number of hydrogen-bond donors (Lipinski definition) is 2. The van der Waals surface area contributed by atoms with E-state index in [0.29, 0.717) is 17.2 Å². The first-order valence-electron chi connectivity index (χ1n) is 6.33. The van der Waals surface area contributed by atoms with Crippen molar-refractivity contribution >= 4 is 15.7 Å². The normalized spacial score (nSPS) is 23.0. The van der Waals surface area contributed by atoms with Crippen LogP contribution in [0.25, 0.3) is 0 Å². The summed E-state index contributed by atoms with van der Waals surface area (Å²) in [6.07, 6.45) is 3.12. The molecule has 0 amide bonds. The third-order valence-electron chi connectivity index (χ3n) is 3.40. The van der Waals surface area contributed by atoms with Gasteiger partial charge in [-0.25, -0.2) is 13.1 Å². The molecule has 4 nitrogen and oxygen atoms in total. The Bertz CT molecular complexity index is 520. The van der Waals surface area contributed by atoms with E-state index in [9.17, 15) is 8.42 Å². The van der Waals surface area contributed by atoms with Crippen molar-refractivity contribution in [1.82, 2.24) is 4.72 Å². The number of anilines is 1. The highest BCUT2D eigenvalue weighted by Crippen LogP contribution is 2.36. The minimum atomic E-state index is -3.48. The molecule has 1 aliphatic rings. The van der Waals surface area contributed by atoms with E-state index in [1.54, 1.807) is 25.1 Å². The topological polar surface area (TPSA) is 72.2 Å². The second kappa shape index (κ2) is 4.90. The van der Waals surface area contributed by atoms with Crippen LogP contribution in [0.2, 0.25) is 0 Å². The Morgan fingerprint density at radius 1 is 1.44 bits per heavy atom. The molecule has 1 aromatic rings. The van der Waals surface area contributed by atoms with Gasteiger partial charge in [0.15, 0.2) is 0 Å². The average Bonchev–Trinajstić information content (AvgIpc) is 2.95. The molecule has 100 valence electrons. The summed E-state index contributed by atoms with van der Waals surface area (Å²) >= 11 is 0. The monoisotopic (exact) mass is 268 g/mol. The van der Waals surface area contributed by atoms with E-state index >= 15 is 0 Å². The minimum absolute atomic E-state index is 0.0916. The lowest BCUT2D eigenvalue weighted by Crippen LogP contribution is -2.28. The van der Waals surface area contributed by atoms with Crippen molar-refractivity contribution in [3.8, 4) is 0 Å². The fourth-order valence-corrected chi connectivity index (χ4v) is 4.06. The van der Waals surface area contributed by atoms with Crippen LogP contribution in [0.3, 0.4) is 0 Å². The third kappa shape index (κ3) is 2.67. The fourth-order valence-electron chi connectivity index (χ4n) is 2.38. The first-order chi connectivity index (χ1) is 8.45. The summed E-state index contributed by atoms with van der Waals surface area (Å²) in [6, 6.07) is 5.24. The van der Waals surface area contributed by atoms with Crippen LogP contribution in [-0.4, -0.2) is 14.5 Å². The van der Waals surface area contributed by atoms with Crippen molar-refractivity contribution < 1.29 is 8.42 Å². The largest absolute Gasteiger partial charge is 0.398 e. The van der Waals surface area contributed by atoms with Gasteiger partial charge in [0.25, 0.3) is 0 Å². The van der Waals surface area contributed by atoms with Crippen LogP contribution < -0.4 is 10.5 Å². The maximum absolute atomic E-state index is 12.3. The molecule has 0 aliphatic heterocycles. The van der Waals surface area contributed by atoms with Crippen LogP contribution in [-0.2, 0) is 10.0 Å². The predicted molar refractivity (Wildman–Crippen MR) is 72.7 cm³/mol. The van der Waals surface area contributed by atoms with E-state index in [1.807, 2.05) is 0 Å². The van der Waals surface area contributed by atoms with Crippen molar-refractivity contribution in [1.29, 1.82) is 0 Å². The fraction of sp³-hybridized carbons (Fsp3) is 0.538. The SMILES string of the molecule is CCCC1CC1NS(=O)(=O)c1c(C)cccc1N. The Morgan fingerprint density at radius 3 is 2.78 bits per heavy atom.